The van der Waals surface area contributed by atoms with Gasteiger partial charge < -0.3 is 10.2 Å². The van der Waals surface area contributed by atoms with Gasteiger partial charge in [0, 0.05) is 18.5 Å². The van der Waals surface area contributed by atoms with E-state index < -0.39 is 6.04 Å². The van der Waals surface area contributed by atoms with Gasteiger partial charge in [-0.1, -0.05) is 11.6 Å². The number of carbonyl (C=O) groups is 2. The van der Waals surface area contributed by atoms with Crippen LogP contribution >= 0.6 is 23.4 Å². The molecule has 1 aromatic rings. The van der Waals surface area contributed by atoms with Gasteiger partial charge in [0.2, 0.25) is 5.91 Å². The average Bonchev–Trinajstić information content (AvgIpc) is 2.71. The molecule has 0 spiro atoms. The SMILES string of the molecule is CSc1ccc(Cl)c(C(=O)NC2CCN(C)C2=O)c1. The summed E-state index contributed by atoms with van der Waals surface area (Å²) in [6.45, 7) is 0.669. The van der Waals surface area contributed by atoms with Crippen LogP contribution in [0.4, 0.5) is 0 Å². The van der Waals surface area contributed by atoms with Crippen LogP contribution in [0, 0.1) is 0 Å². The molecule has 1 N–H and O–H groups in total. The second kappa shape index (κ2) is 5.84. The first kappa shape index (κ1) is 14.2. The van der Waals surface area contributed by atoms with Crippen molar-refractivity contribution in [1.82, 2.24) is 10.2 Å². The maximum atomic E-state index is 12.2. The summed E-state index contributed by atoms with van der Waals surface area (Å²) in [4.78, 5) is 26.5. The normalized spacial score (nSPS) is 18.8. The van der Waals surface area contributed by atoms with Crippen molar-refractivity contribution in [3.63, 3.8) is 0 Å². The number of halogens is 1. The summed E-state index contributed by atoms with van der Waals surface area (Å²) >= 11 is 7.57. The number of nitrogens with one attached hydrogen (secondary N) is 1. The van der Waals surface area contributed by atoms with Gasteiger partial charge in [-0.25, -0.2) is 0 Å². The Morgan fingerprint density at radius 3 is 2.84 bits per heavy atom. The van der Waals surface area contributed by atoms with E-state index in [1.165, 1.54) is 11.8 Å². The first-order valence-corrected chi connectivity index (χ1v) is 7.52. The Kier molecular flexibility index (Phi) is 4.37. The standard InChI is InChI=1S/C13H15ClN2O2S/c1-16-6-5-11(13(16)18)15-12(17)9-7-8(19-2)3-4-10(9)14/h3-4,7,11H,5-6H2,1-2H3,(H,15,17). The second-order valence-corrected chi connectivity index (χ2v) is 5.71. The molecule has 1 heterocycles. The van der Waals surface area contributed by atoms with E-state index in [4.69, 9.17) is 11.6 Å². The van der Waals surface area contributed by atoms with Crippen molar-refractivity contribution in [3.05, 3.63) is 28.8 Å². The highest BCUT2D eigenvalue weighted by atomic mass is 35.5. The van der Waals surface area contributed by atoms with Crippen LogP contribution in [0.2, 0.25) is 5.02 Å². The molecule has 2 amide bonds. The van der Waals surface area contributed by atoms with E-state index in [0.717, 1.165) is 4.90 Å². The van der Waals surface area contributed by atoms with Crippen LogP contribution in [0.5, 0.6) is 0 Å². The third-order valence-electron chi connectivity index (χ3n) is 3.15. The quantitative estimate of drug-likeness (QED) is 0.869. The van der Waals surface area contributed by atoms with Gasteiger partial charge in [-0.2, -0.15) is 0 Å². The molecule has 0 bridgehead atoms. The topological polar surface area (TPSA) is 49.4 Å². The summed E-state index contributed by atoms with van der Waals surface area (Å²) in [5.74, 6) is -0.347. The Hall–Kier alpha value is -1.20. The fraction of sp³-hybridized carbons (Fsp3) is 0.385. The van der Waals surface area contributed by atoms with Gasteiger partial charge >= 0.3 is 0 Å². The van der Waals surface area contributed by atoms with Crippen LogP contribution in [0.25, 0.3) is 0 Å². The van der Waals surface area contributed by atoms with Crippen molar-refractivity contribution in [2.24, 2.45) is 0 Å². The van der Waals surface area contributed by atoms with Crippen LogP contribution in [-0.2, 0) is 4.79 Å². The zero-order valence-electron chi connectivity index (χ0n) is 10.8. The maximum Gasteiger partial charge on any atom is 0.253 e. The molecule has 19 heavy (non-hydrogen) atoms. The Labute approximate surface area is 121 Å². The molecule has 1 aliphatic rings. The molecular weight excluding hydrogens is 284 g/mol. The Bertz CT molecular complexity index is 521. The van der Waals surface area contributed by atoms with E-state index in [2.05, 4.69) is 5.32 Å². The smallest absolute Gasteiger partial charge is 0.253 e. The lowest BCUT2D eigenvalue weighted by atomic mass is 10.2. The molecule has 1 aliphatic heterocycles. The minimum Gasteiger partial charge on any atom is -0.344 e. The van der Waals surface area contributed by atoms with Crippen molar-refractivity contribution in [3.8, 4) is 0 Å². The van der Waals surface area contributed by atoms with Crippen molar-refractivity contribution < 1.29 is 9.59 Å². The van der Waals surface area contributed by atoms with E-state index in [1.54, 1.807) is 24.1 Å². The molecule has 0 radical (unpaired) electrons. The van der Waals surface area contributed by atoms with Gasteiger partial charge in [-0.05, 0) is 30.9 Å². The van der Waals surface area contributed by atoms with Crippen LogP contribution in [-0.4, -0.2) is 42.6 Å². The monoisotopic (exact) mass is 298 g/mol. The Morgan fingerprint density at radius 2 is 2.26 bits per heavy atom. The van der Waals surface area contributed by atoms with Crippen LogP contribution in [0.15, 0.2) is 23.1 Å². The zero-order valence-corrected chi connectivity index (χ0v) is 12.3. The van der Waals surface area contributed by atoms with Gasteiger partial charge in [0.25, 0.3) is 5.91 Å². The molecular formula is C13H15ClN2O2S. The zero-order chi connectivity index (χ0) is 14.0. The highest BCUT2D eigenvalue weighted by Crippen LogP contribution is 2.23. The molecule has 1 atom stereocenters. The van der Waals surface area contributed by atoms with Crippen LogP contribution in [0.1, 0.15) is 16.8 Å². The predicted molar refractivity (Wildman–Crippen MR) is 76.7 cm³/mol. The molecule has 6 heteroatoms. The number of likely N-dealkylation sites (N-methyl/N-ethyl adjacent to an activating group) is 1. The fourth-order valence-corrected chi connectivity index (χ4v) is 2.64. The lowest BCUT2D eigenvalue weighted by molar-refractivity contribution is -0.128. The third kappa shape index (κ3) is 3.04. The summed E-state index contributed by atoms with van der Waals surface area (Å²) in [5, 5.41) is 3.14. The summed E-state index contributed by atoms with van der Waals surface area (Å²) in [7, 11) is 1.73. The van der Waals surface area contributed by atoms with Gasteiger partial charge in [0.1, 0.15) is 6.04 Å². The fourth-order valence-electron chi connectivity index (χ4n) is 2.00. The number of nitrogens with zero attached hydrogens (tertiary/aromatic N) is 1. The molecule has 1 aromatic carbocycles. The first-order valence-electron chi connectivity index (χ1n) is 5.92. The Morgan fingerprint density at radius 1 is 1.53 bits per heavy atom. The molecule has 1 saturated heterocycles. The number of hydrogen-bond acceptors (Lipinski definition) is 3. The number of likely N-dealkylation sites (tertiary alicyclic amines) is 1. The maximum absolute atomic E-state index is 12.2. The van der Waals surface area contributed by atoms with Crippen molar-refractivity contribution in [1.29, 1.82) is 0 Å². The molecule has 4 nitrogen and oxygen atoms in total. The molecule has 1 fully saturated rings. The van der Waals surface area contributed by atoms with Crippen molar-refractivity contribution >= 4 is 35.2 Å². The largest absolute Gasteiger partial charge is 0.344 e. The number of benzene rings is 1. The number of thioether (sulfide) groups is 1. The molecule has 1 unspecified atom stereocenters. The average molecular weight is 299 g/mol. The van der Waals surface area contributed by atoms with Crippen molar-refractivity contribution in [2.45, 2.75) is 17.4 Å². The van der Waals surface area contributed by atoms with Gasteiger partial charge in [0.05, 0.1) is 10.6 Å². The van der Waals surface area contributed by atoms with Gasteiger partial charge in [0.15, 0.2) is 0 Å². The highest BCUT2D eigenvalue weighted by Gasteiger charge is 2.30. The van der Waals surface area contributed by atoms with E-state index in [9.17, 15) is 9.59 Å². The number of carbonyl (C=O) groups excluding carboxylic acids is 2. The number of amides is 2. The molecule has 102 valence electrons. The first-order chi connectivity index (χ1) is 9.02. The summed E-state index contributed by atoms with van der Waals surface area (Å²) < 4.78 is 0. The summed E-state index contributed by atoms with van der Waals surface area (Å²) in [5.41, 5.74) is 0.413. The molecule has 0 saturated carbocycles. The number of rotatable bonds is 3. The summed E-state index contributed by atoms with van der Waals surface area (Å²) in [6, 6.07) is 4.86. The summed E-state index contributed by atoms with van der Waals surface area (Å²) in [6.07, 6.45) is 2.57. The highest BCUT2D eigenvalue weighted by molar-refractivity contribution is 7.98. The molecule has 0 aliphatic carbocycles. The number of hydrogen-bond donors (Lipinski definition) is 1. The second-order valence-electron chi connectivity index (χ2n) is 4.42. The lowest BCUT2D eigenvalue weighted by Gasteiger charge is -2.13. The third-order valence-corrected chi connectivity index (χ3v) is 4.21. The lowest BCUT2D eigenvalue weighted by Crippen LogP contribution is -2.40. The Balaban J connectivity index is 2.14. The molecule has 0 aromatic heterocycles. The van der Waals surface area contributed by atoms with E-state index in [-0.39, 0.29) is 11.8 Å². The van der Waals surface area contributed by atoms with E-state index in [1.807, 2.05) is 12.3 Å². The van der Waals surface area contributed by atoms with Crippen LogP contribution in [0.3, 0.4) is 0 Å². The molecule has 2 rings (SSSR count). The van der Waals surface area contributed by atoms with Gasteiger partial charge in [-0.3, -0.25) is 9.59 Å². The minimum absolute atomic E-state index is 0.0505. The van der Waals surface area contributed by atoms with E-state index in [0.29, 0.717) is 23.6 Å². The van der Waals surface area contributed by atoms with Crippen LogP contribution < -0.4 is 5.32 Å². The van der Waals surface area contributed by atoms with Gasteiger partial charge in [-0.15, -0.1) is 11.8 Å². The minimum atomic E-state index is -0.438. The van der Waals surface area contributed by atoms with Crippen molar-refractivity contribution in [2.75, 3.05) is 19.8 Å². The predicted octanol–water partition coefficient (Wildman–Crippen LogP) is 2.02. The van der Waals surface area contributed by atoms with E-state index >= 15 is 0 Å².